The molecule has 0 aliphatic rings. The fraction of sp³-hybridized carbons (Fsp3) is 0.400. The summed E-state index contributed by atoms with van der Waals surface area (Å²) in [6.07, 6.45) is 2.58. The molecule has 0 saturated heterocycles. The van der Waals surface area contributed by atoms with Gasteiger partial charge in [0.15, 0.2) is 0 Å². The monoisotopic (exact) mass is 261 g/mol. The maximum absolute atomic E-state index is 13.1. The van der Waals surface area contributed by atoms with E-state index in [0.717, 1.165) is 30.0 Å². The van der Waals surface area contributed by atoms with Gasteiger partial charge in [0.05, 0.1) is 11.9 Å². The first-order valence-corrected chi connectivity index (χ1v) is 6.49. The van der Waals surface area contributed by atoms with Gasteiger partial charge in [0.2, 0.25) is 0 Å². The summed E-state index contributed by atoms with van der Waals surface area (Å²) in [5.41, 5.74) is 1.78. The molecule has 0 aliphatic carbocycles. The Bertz CT molecular complexity index is 540. The SMILES string of the molecule is CC(C)(C)NCCc1ncc(-c2cccc(F)c2)[nH]1. The van der Waals surface area contributed by atoms with E-state index in [2.05, 4.69) is 36.1 Å². The van der Waals surface area contributed by atoms with Crippen molar-refractivity contribution in [2.75, 3.05) is 6.54 Å². The molecule has 0 atom stereocenters. The lowest BCUT2D eigenvalue weighted by Gasteiger charge is -2.19. The third-order valence-corrected chi connectivity index (χ3v) is 2.78. The third kappa shape index (κ3) is 4.17. The first-order valence-electron chi connectivity index (χ1n) is 6.49. The zero-order chi connectivity index (χ0) is 13.9. The molecule has 0 bridgehead atoms. The Morgan fingerprint density at radius 3 is 2.79 bits per heavy atom. The molecule has 0 radical (unpaired) electrons. The smallest absolute Gasteiger partial charge is 0.123 e. The molecule has 19 heavy (non-hydrogen) atoms. The van der Waals surface area contributed by atoms with Gasteiger partial charge in [0.25, 0.3) is 0 Å². The normalized spacial score (nSPS) is 11.8. The fourth-order valence-corrected chi connectivity index (χ4v) is 1.85. The van der Waals surface area contributed by atoms with Crippen LogP contribution in [0.1, 0.15) is 26.6 Å². The van der Waals surface area contributed by atoms with E-state index in [9.17, 15) is 4.39 Å². The van der Waals surface area contributed by atoms with Gasteiger partial charge in [-0.2, -0.15) is 0 Å². The van der Waals surface area contributed by atoms with Crippen molar-refractivity contribution in [3.63, 3.8) is 0 Å². The maximum atomic E-state index is 13.1. The molecule has 102 valence electrons. The summed E-state index contributed by atoms with van der Waals surface area (Å²) in [7, 11) is 0. The molecule has 0 aliphatic heterocycles. The minimum absolute atomic E-state index is 0.109. The molecule has 3 nitrogen and oxygen atoms in total. The molecule has 0 spiro atoms. The van der Waals surface area contributed by atoms with Crippen LogP contribution in [0.4, 0.5) is 4.39 Å². The summed E-state index contributed by atoms with van der Waals surface area (Å²) in [5, 5.41) is 3.41. The number of nitrogens with one attached hydrogen (secondary N) is 2. The second kappa shape index (κ2) is 5.53. The number of aromatic nitrogens is 2. The zero-order valence-electron chi connectivity index (χ0n) is 11.6. The average molecular weight is 261 g/mol. The summed E-state index contributed by atoms with van der Waals surface area (Å²) in [5.74, 6) is 0.680. The van der Waals surface area contributed by atoms with Crippen LogP contribution in [0.5, 0.6) is 0 Å². The Morgan fingerprint density at radius 1 is 1.32 bits per heavy atom. The largest absolute Gasteiger partial charge is 0.342 e. The van der Waals surface area contributed by atoms with E-state index in [1.807, 2.05) is 6.07 Å². The number of imidazole rings is 1. The lowest BCUT2D eigenvalue weighted by molar-refractivity contribution is 0.427. The molecule has 0 saturated carbocycles. The predicted octanol–water partition coefficient (Wildman–Crippen LogP) is 3.15. The van der Waals surface area contributed by atoms with Crippen molar-refractivity contribution < 1.29 is 4.39 Å². The lowest BCUT2D eigenvalue weighted by Crippen LogP contribution is -2.37. The highest BCUT2D eigenvalue weighted by molar-refractivity contribution is 5.58. The number of aromatic amines is 1. The molecule has 2 N–H and O–H groups in total. The van der Waals surface area contributed by atoms with Gasteiger partial charge in [0.1, 0.15) is 11.6 Å². The molecule has 0 amide bonds. The van der Waals surface area contributed by atoms with Gasteiger partial charge in [-0.1, -0.05) is 12.1 Å². The predicted molar refractivity (Wildman–Crippen MR) is 75.4 cm³/mol. The van der Waals surface area contributed by atoms with Crippen LogP contribution >= 0.6 is 0 Å². The summed E-state index contributed by atoms with van der Waals surface area (Å²) in [4.78, 5) is 7.55. The number of hydrogen-bond acceptors (Lipinski definition) is 2. The van der Waals surface area contributed by atoms with E-state index in [-0.39, 0.29) is 11.4 Å². The molecule has 0 unspecified atom stereocenters. The number of hydrogen-bond donors (Lipinski definition) is 2. The van der Waals surface area contributed by atoms with E-state index in [4.69, 9.17) is 0 Å². The maximum Gasteiger partial charge on any atom is 0.123 e. The van der Waals surface area contributed by atoms with Crippen molar-refractivity contribution in [2.24, 2.45) is 0 Å². The van der Waals surface area contributed by atoms with Crippen LogP contribution < -0.4 is 5.32 Å². The van der Waals surface area contributed by atoms with Gasteiger partial charge in [-0.3, -0.25) is 0 Å². The van der Waals surface area contributed by atoms with E-state index >= 15 is 0 Å². The molecular formula is C15H20FN3. The highest BCUT2D eigenvalue weighted by Gasteiger charge is 2.09. The number of benzene rings is 1. The van der Waals surface area contributed by atoms with Crippen molar-refractivity contribution in [1.82, 2.24) is 15.3 Å². The van der Waals surface area contributed by atoms with Crippen LogP contribution in [0.2, 0.25) is 0 Å². The van der Waals surface area contributed by atoms with Crippen molar-refractivity contribution in [3.05, 3.63) is 42.1 Å². The second-order valence-electron chi connectivity index (χ2n) is 5.68. The molecule has 2 aromatic rings. The lowest BCUT2D eigenvalue weighted by atomic mass is 10.1. The topological polar surface area (TPSA) is 40.7 Å². The molecule has 1 aromatic heterocycles. The number of nitrogens with zero attached hydrogens (tertiary/aromatic N) is 1. The van der Waals surface area contributed by atoms with Crippen LogP contribution in [-0.4, -0.2) is 22.1 Å². The van der Waals surface area contributed by atoms with Gasteiger partial charge in [-0.25, -0.2) is 9.37 Å². The summed E-state index contributed by atoms with van der Waals surface area (Å²) in [6.45, 7) is 7.26. The highest BCUT2D eigenvalue weighted by Crippen LogP contribution is 2.17. The first-order chi connectivity index (χ1) is 8.94. The number of halogens is 1. The minimum Gasteiger partial charge on any atom is -0.342 e. The second-order valence-corrected chi connectivity index (χ2v) is 5.68. The van der Waals surface area contributed by atoms with Crippen molar-refractivity contribution in [2.45, 2.75) is 32.7 Å². The number of rotatable bonds is 4. The minimum atomic E-state index is -0.233. The Hall–Kier alpha value is -1.68. The fourth-order valence-electron chi connectivity index (χ4n) is 1.85. The van der Waals surface area contributed by atoms with Gasteiger partial charge < -0.3 is 10.3 Å². The first kappa shape index (κ1) is 13.7. The molecular weight excluding hydrogens is 241 g/mol. The van der Waals surface area contributed by atoms with Gasteiger partial charge in [-0.15, -0.1) is 0 Å². The van der Waals surface area contributed by atoms with Crippen LogP contribution in [0.3, 0.4) is 0 Å². The Morgan fingerprint density at radius 2 is 2.11 bits per heavy atom. The van der Waals surface area contributed by atoms with Crippen molar-refractivity contribution in [1.29, 1.82) is 0 Å². The third-order valence-electron chi connectivity index (χ3n) is 2.78. The molecule has 1 heterocycles. The Kier molecular flexibility index (Phi) is 4.00. The quantitative estimate of drug-likeness (QED) is 0.887. The van der Waals surface area contributed by atoms with Crippen LogP contribution in [0.25, 0.3) is 11.3 Å². The van der Waals surface area contributed by atoms with E-state index in [0.29, 0.717) is 0 Å². The molecule has 1 aromatic carbocycles. The molecule has 0 fully saturated rings. The van der Waals surface area contributed by atoms with Gasteiger partial charge in [-0.05, 0) is 32.9 Å². The summed E-state index contributed by atoms with van der Waals surface area (Å²) in [6, 6.07) is 6.51. The van der Waals surface area contributed by atoms with Crippen LogP contribution in [-0.2, 0) is 6.42 Å². The Balaban J connectivity index is 1.99. The number of H-pyrrole nitrogens is 1. The van der Waals surface area contributed by atoms with Crippen molar-refractivity contribution >= 4 is 0 Å². The van der Waals surface area contributed by atoms with Crippen molar-refractivity contribution in [3.8, 4) is 11.3 Å². The average Bonchev–Trinajstić information content (AvgIpc) is 2.76. The zero-order valence-corrected chi connectivity index (χ0v) is 11.6. The van der Waals surface area contributed by atoms with E-state index in [1.165, 1.54) is 12.1 Å². The van der Waals surface area contributed by atoms with E-state index < -0.39 is 0 Å². The standard InChI is InChI=1S/C15H20FN3/c1-15(2,3)18-8-7-14-17-10-13(19-14)11-5-4-6-12(16)9-11/h4-6,9-10,18H,7-8H2,1-3H3,(H,17,19). The van der Waals surface area contributed by atoms with Crippen LogP contribution in [0, 0.1) is 5.82 Å². The Labute approximate surface area is 113 Å². The molecule has 2 rings (SSSR count). The van der Waals surface area contributed by atoms with Gasteiger partial charge >= 0.3 is 0 Å². The van der Waals surface area contributed by atoms with Crippen LogP contribution in [0.15, 0.2) is 30.5 Å². The van der Waals surface area contributed by atoms with E-state index in [1.54, 1.807) is 12.3 Å². The highest BCUT2D eigenvalue weighted by atomic mass is 19.1. The van der Waals surface area contributed by atoms with Gasteiger partial charge in [0, 0.05) is 24.1 Å². The summed E-state index contributed by atoms with van der Waals surface area (Å²) >= 11 is 0. The molecule has 4 heteroatoms. The summed E-state index contributed by atoms with van der Waals surface area (Å²) < 4.78 is 13.1.